The molecule has 0 aliphatic heterocycles. The van der Waals surface area contributed by atoms with E-state index >= 15 is 0 Å². The minimum Gasteiger partial charge on any atom is -0.293 e. The van der Waals surface area contributed by atoms with E-state index in [1.54, 1.807) is 11.3 Å². The zero-order chi connectivity index (χ0) is 14.5. The topological polar surface area (TPSA) is 29.0 Å². The molecule has 20 heavy (non-hydrogen) atoms. The number of nitrogens with zero attached hydrogens (tertiary/aromatic N) is 3. The van der Waals surface area contributed by atoms with Gasteiger partial charge in [-0.3, -0.25) is 4.90 Å². The summed E-state index contributed by atoms with van der Waals surface area (Å²) in [5.41, 5.74) is 0. The first-order valence-electron chi connectivity index (χ1n) is 7.29. The van der Waals surface area contributed by atoms with Crippen LogP contribution in [0.5, 0.6) is 0 Å². The van der Waals surface area contributed by atoms with E-state index in [0.29, 0.717) is 11.2 Å². The van der Waals surface area contributed by atoms with Gasteiger partial charge >= 0.3 is 0 Å². The van der Waals surface area contributed by atoms with Gasteiger partial charge in [-0.2, -0.15) is 0 Å². The molecule has 110 valence electrons. The van der Waals surface area contributed by atoms with Gasteiger partial charge in [-0.15, -0.1) is 11.3 Å². The average Bonchev–Trinajstić information content (AvgIpc) is 2.91. The predicted molar refractivity (Wildman–Crippen MR) is 87.5 cm³/mol. The van der Waals surface area contributed by atoms with E-state index in [9.17, 15) is 0 Å². The van der Waals surface area contributed by atoms with Crippen molar-refractivity contribution < 1.29 is 0 Å². The van der Waals surface area contributed by atoms with Crippen LogP contribution in [0.15, 0.2) is 11.4 Å². The molecule has 3 nitrogen and oxygen atoms in total. The second kappa shape index (κ2) is 7.34. The monoisotopic (exact) mass is 311 g/mol. The summed E-state index contributed by atoms with van der Waals surface area (Å²) in [5, 5.41) is 3.55. The Morgan fingerprint density at radius 3 is 2.85 bits per heavy atom. The lowest BCUT2D eigenvalue weighted by atomic mass is 10.2. The van der Waals surface area contributed by atoms with Crippen molar-refractivity contribution in [2.45, 2.75) is 52.6 Å². The van der Waals surface area contributed by atoms with Gasteiger partial charge in [0.2, 0.25) is 0 Å². The first-order valence-corrected chi connectivity index (χ1v) is 8.55. The zero-order valence-corrected chi connectivity index (χ0v) is 14.0. The summed E-state index contributed by atoms with van der Waals surface area (Å²) >= 11 is 7.86. The number of halogens is 1. The van der Waals surface area contributed by atoms with E-state index in [4.69, 9.17) is 11.6 Å². The lowest BCUT2D eigenvalue weighted by Gasteiger charge is -2.27. The van der Waals surface area contributed by atoms with Crippen LogP contribution in [0.25, 0.3) is 10.2 Å². The Morgan fingerprint density at radius 2 is 2.15 bits per heavy atom. The number of hydrogen-bond acceptors (Lipinski definition) is 4. The van der Waals surface area contributed by atoms with E-state index in [2.05, 4.69) is 35.6 Å². The number of aromatic nitrogens is 2. The van der Waals surface area contributed by atoms with E-state index in [1.165, 1.54) is 12.8 Å². The van der Waals surface area contributed by atoms with Crippen LogP contribution in [-0.2, 0) is 6.54 Å². The minimum absolute atomic E-state index is 0.544. The van der Waals surface area contributed by atoms with Gasteiger partial charge in [0.15, 0.2) is 0 Å². The Bertz CT molecular complexity index is 555. The maximum atomic E-state index is 6.24. The molecule has 2 heterocycles. The van der Waals surface area contributed by atoms with Crippen molar-refractivity contribution in [1.82, 2.24) is 14.9 Å². The van der Waals surface area contributed by atoms with E-state index < -0.39 is 0 Å². The van der Waals surface area contributed by atoms with E-state index in [0.717, 1.165) is 35.6 Å². The summed E-state index contributed by atoms with van der Waals surface area (Å²) in [5.74, 6) is 0.835. The highest BCUT2D eigenvalue weighted by atomic mass is 35.5. The molecule has 0 saturated carbocycles. The molecule has 0 bridgehead atoms. The summed E-state index contributed by atoms with van der Waals surface area (Å²) in [7, 11) is 0. The minimum atomic E-state index is 0.544. The summed E-state index contributed by atoms with van der Waals surface area (Å²) in [6.07, 6.45) is 3.55. The summed E-state index contributed by atoms with van der Waals surface area (Å²) in [6, 6.07) is 2.53. The molecule has 0 N–H and O–H groups in total. The zero-order valence-electron chi connectivity index (χ0n) is 12.4. The van der Waals surface area contributed by atoms with E-state index in [1.807, 2.05) is 11.4 Å². The van der Waals surface area contributed by atoms with Crippen LogP contribution in [-0.4, -0.2) is 27.5 Å². The third kappa shape index (κ3) is 3.68. The maximum absolute atomic E-state index is 6.24. The van der Waals surface area contributed by atoms with Gasteiger partial charge < -0.3 is 0 Å². The Kier molecular flexibility index (Phi) is 5.75. The molecule has 0 radical (unpaired) electrons. The van der Waals surface area contributed by atoms with Gasteiger partial charge in [0.25, 0.3) is 0 Å². The normalized spacial score (nSPS) is 13.2. The highest BCUT2D eigenvalue weighted by Crippen LogP contribution is 2.25. The molecule has 2 aromatic heterocycles. The Balaban J connectivity index is 2.18. The molecule has 0 aromatic carbocycles. The molecule has 0 saturated heterocycles. The molecule has 0 amide bonds. The predicted octanol–water partition coefficient (Wildman–Crippen LogP) is 4.75. The largest absolute Gasteiger partial charge is 0.293 e. The van der Waals surface area contributed by atoms with Crippen LogP contribution in [0.1, 0.15) is 45.9 Å². The summed E-state index contributed by atoms with van der Waals surface area (Å²) in [6.45, 7) is 8.58. The maximum Gasteiger partial charge on any atom is 0.145 e. The van der Waals surface area contributed by atoms with Crippen molar-refractivity contribution in [3.8, 4) is 0 Å². The van der Waals surface area contributed by atoms with Crippen LogP contribution < -0.4 is 0 Å². The highest BCUT2D eigenvalue weighted by Gasteiger charge is 2.15. The Labute approximate surface area is 130 Å². The fraction of sp³-hybridized carbons (Fsp3) is 0.600. The number of fused-ring (bicyclic) bond motifs is 1. The number of hydrogen-bond donors (Lipinski definition) is 0. The second-order valence-electron chi connectivity index (χ2n) is 5.15. The SMILES string of the molecule is CCCCN(Cc1nc(Cl)c2ccsc2n1)C(C)CC. The molecule has 0 aliphatic carbocycles. The summed E-state index contributed by atoms with van der Waals surface area (Å²) in [4.78, 5) is 12.5. The number of rotatable bonds is 7. The van der Waals surface area contributed by atoms with E-state index in [-0.39, 0.29) is 0 Å². The molecule has 1 unspecified atom stereocenters. The number of thiophene rings is 1. The molecule has 5 heteroatoms. The third-order valence-corrected chi connectivity index (χ3v) is 4.78. The fourth-order valence-corrected chi connectivity index (χ4v) is 3.28. The van der Waals surface area contributed by atoms with Crippen molar-refractivity contribution in [2.75, 3.05) is 6.54 Å². The van der Waals surface area contributed by atoms with Crippen molar-refractivity contribution in [3.05, 3.63) is 22.4 Å². The molecule has 1 atom stereocenters. The quantitative estimate of drug-likeness (QED) is 0.691. The first kappa shape index (κ1) is 15.7. The summed E-state index contributed by atoms with van der Waals surface area (Å²) < 4.78 is 0. The molecule has 2 aromatic rings. The smallest absolute Gasteiger partial charge is 0.145 e. The van der Waals surface area contributed by atoms with Crippen molar-refractivity contribution >= 4 is 33.2 Å². The molecule has 0 spiro atoms. The molecule has 0 fully saturated rings. The number of unbranched alkanes of at least 4 members (excludes halogenated alkanes) is 1. The van der Waals surface area contributed by atoms with Gasteiger partial charge in [0.05, 0.1) is 6.54 Å². The standard InChI is InChI=1S/C15H22ClN3S/c1-4-6-8-19(11(3)5-2)10-13-17-14(16)12-7-9-20-15(12)18-13/h7,9,11H,4-6,8,10H2,1-3H3. The Morgan fingerprint density at radius 1 is 1.35 bits per heavy atom. The first-order chi connectivity index (χ1) is 9.65. The lowest BCUT2D eigenvalue weighted by Crippen LogP contribution is -2.33. The van der Waals surface area contributed by atoms with Gasteiger partial charge in [0, 0.05) is 11.4 Å². The molecule has 0 aliphatic rings. The van der Waals surface area contributed by atoms with Crippen LogP contribution in [0, 0.1) is 0 Å². The van der Waals surface area contributed by atoms with Gasteiger partial charge in [-0.1, -0.05) is 31.9 Å². The van der Waals surface area contributed by atoms with Crippen molar-refractivity contribution in [3.63, 3.8) is 0 Å². The van der Waals surface area contributed by atoms with Crippen LogP contribution in [0.4, 0.5) is 0 Å². The highest BCUT2D eigenvalue weighted by molar-refractivity contribution is 7.16. The fourth-order valence-electron chi connectivity index (χ4n) is 2.19. The van der Waals surface area contributed by atoms with Crippen LogP contribution in [0.3, 0.4) is 0 Å². The third-order valence-electron chi connectivity index (χ3n) is 3.68. The molecular weight excluding hydrogens is 290 g/mol. The van der Waals surface area contributed by atoms with Crippen LogP contribution in [0.2, 0.25) is 5.15 Å². The molecule has 2 rings (SSSR count). The molecular formula is C15H22ClN3S. The lowest BCUT2D eigenvalue weighted by molar-refractivity contribution is 0.188. The Hall–Kier alpha value is -0.710. The van der Waals surface area contributed by atoms with Gasteiger partial charge in [-0.25, -0.2) is 9.97 Å². The van der Waals surface area contributed by atoms with Crippen LogP contribution >= 0.6 is 22.9 Å². The second-order valence-corrected chi connectivity index (χ2v) is 6.40. The van der Waals surface area contributed by atoms with Gasteiger partial charge in [0.1, 0.15) is 15.8 Å². The van der Waals surface area contributed by atoms with Crippen molar-refractivity contribution in [2.24, 2.45) is 0 Å². The van der Waals surface area contributed by atoms with Gasteiger partial charge in [-0.05, 0) is 37.8 Å². The average molecular weight is 312 g/mol. The van der Waals surface area contributed by atoms with Crippen molar-refractivity contribution in [1.29, 1.82) is 0 Å².